The lowest BCUT2D eigenvalue weighted by molar-refractivity contribution is -0.153. The summed E-state index contributed by atoms with van der Waals surface area (Å²) in [4.78, 5) is 24.9. The Morgan fingerprint density at radius 2 is 1.70 bits per heavy atom. The Morgan fingerprint density at radius 1 is 1.04 bits per heavy atom. The predicted molar refractivity (Wildman–Crippen MR) is 92.2 cm³/mol. The minimum atomic E-state index is -0.211. The monoisotopic (exact) mass is 336 g/mol. The van der Waals surface area contributed by atoms with Gasteiger partial charge >= 0.3 is 0 Å². The Bertz CT molecular complexity index is 501. The molecule has 0 aromatic rings. The molecule has 2 unspecified atom stereocenters. The van der Waals surface area contributed by atoms with Crippen molar-refractivity contribution in [1.82, 2.24) is 10.6 Å². The topological polar surface area (TPSA) is 58.2 Å². The lowest BCUT2D eigenvalue weighted by atomic mass is 9.46. The molecule has 5 fully saturated rings. The first-order valence-corrected chi connectivity index (χ1v) is 10.3. The molecule has 4 bridgehead atoms. The molecule has 4 aliphatic carbocycles. The van der Waals surface area contributed by atoms with Gasteiger partial charge in [-0.1, -0.05) is 0 Å². The summed E-state index contributed by atoms with van der Waals surface area (Å²) in [6.07, 6.45) is 8.58. The SMILES string of the molecule is CC(=O)NC12CC3CC(C1)CC(C(=O)NC1CCSCC1)(C3)C2. The predicted octanol–water partition coefficient (Wildman–Crippen LogP) is 2.47. The highest BCUT2D eigenvalue weighted by molar-refractivity contribution is 7.99. The minimum Gasteiger partial charge on any atom is -0.353 e. The van der Waals surface area contributed by atoms with Crippen LogP contribution in [0.4, 0.5) is 0 Å². The molecule has 4 saturated carbocycles. The number of amides is 2. The van der Waals surface area contributed by atoms with E-state index in [1.165, 1.54) is 17.9 Å². The molecule has 1 aliphatic heterocycles. The van der Waals surface area contributed by atoms with Crippen molar-refractivity contribution < 1.29 is 9.59 Å². The van der Waals surface area contributed by atoms with Gasteiger partial charge in [-0.25, -0.2) is 0 Å². The first-order valence-electron chi connectivity index (χ1n) is 9.16. The quantitative estimate of drug-likeness (QED) is 0.832. The molecular formula is C18H28N2O2S. The van der Waals surface area contributed by atoms with Crippen LogP contribution in [0.3, 0.4) is 0 Å². The van der Waals surface area contributed by atoms with Crippen LogP contribution in [-0.4, -0.2) is 34.9 Å². The third-order valence-electron chi connectivity index (χ3n) is 6.54. The zero-order valence-corrected chi connectivity index (χ0v) is 14.8. The molecule has 5 aliphatic rings. The first kappa shape index (κ1) is 15.8. The molecule has 1 saturated heterocycles. The average molecular weight is 337 g/mol. The Balaban J connectivity index is 1.52. The summed E-state index contributed by atoms with van der Waals surface area (Å²) < 4.78 is 0. The van der Waals surface area contributed by atoms with Gasteiger partial charge in [-0.05, 0) is 74.7 Å². The van der Waals surface area contributed by atoms with E-state index in [0.29, 0.717) is 23.8 Å². The third kappa shape index (κ3) is 2.90. The zero-order chi connectivity index (χ0) is 16.1. The second-order valence-electron chi connectivity index (χ2n) is 8.56. The van der Waals surface area contributed by atoms with Crippen LogP contribution in [0.15, 0.2) is 0 Å². The van der Waals surface area contributed by atoms with Gasteiger partial charge in [0, 0.05) is 18.5 Å². The maximum absolute atomic E-state index is 13.2. The van der Waals surface area contributed by atoms with Crippen LogP contribution in [0, 0.1) is 17.3 Å². The number of nitrogens with one attached hydrogen (secondary N) is 2. The van der Waals surface area contributed by atoms with Gasteiger partial charge in [-0.15, -0.1) is 0 Å². The molecule has 0 aromatic heterocycles. The van der Waals surface area contributed by atoms with Crippen molar-refractivity contribution in [2.75, 3.05) is 11.5 Å². The van der Waals surface area contributed by atoms with Crippen LogP contribution in [0.5, 0.6) is 0 Å². The van der Waals surface area contributed by atoms with E-state index in [2.05, 4.69) is 10.6 Å². The molecule has 23 heavy (non-hydrogen) atoms. The minimum absolute atomic E-state index is 0.0619. The van der Waals surface area contributed by atoms with Crippen LogP contribution in [0.25, 0.3) is 0 Å². The van der Waals surface area contributed by atoms with Gasteiger partial charge in [0.05, 0.1) is 5.41 Å². The fraction of sp³-hybridized carbons (Fsp3) is 0.889. The largest absolute Gasteiger partial charge is 0.353 e. The fourth-order valence-corrected chi connectivity index (χ4v) is 7.33. The van der Waals surface area contributed by atoms with Crippen LogP contribution < -0.4 is 10.6 Å². The van der Waals surface area contributed by atoms with Gasteiger partial charge in [0.2, 0.25) is 11.8 Å². The summed E-state index contributed by atoms with van der Waals surface area (Å²) >= 11 is 1.99. The summed E-state index contributed by atoms with van der Waals surface area (Å²) in [5.74, 6) is 3.93. The van der Waals surface area contributed by atoms with E-state index in [1.807, 2.05) is 11.8 Å². The maximum Gasteiger partial charge on any atom is 0.226 e. The Morgan fingerprint density at radius 3 is 2.30 bits per heavy atom. The number of hydrogen-bond acceptors (Lipinski definition) is 3. The maximum atomic E-state index is 13.2. The average Bonchev–Trinajstić information content (AvgIpc) is 2.45. The molecular weight excluding hydrogens is 308 g/mol. The number of carbonyl (C=O) groups is 2. The third-order valence-corrected chi connectivity index (χ3v) is 7.59. The van der Waals surface area contributed by atoms with E-state index in [9.17, 15) is 9.59 Å². The molecule has 2 amide bonds. The lowest BCUT2D eigenvalue weighted by Crippen LogP contribution is -2.66. The van der Waals surface area contributed by atoms with Crippen molar-refractivity contribution in [2.45, 2.75) is 69.9 Å². The second kappa shape index (κ2) is 5.68. The van der Waals surface area contributed by atoms with E-state index < -0.39 is 0 Å². The van der Waals surface area contributed by atoms with Gasteiger partial charge in [0.25, 0.3) is 0 Å². The fourth-order valence-electron chi connectivity index (χ4n) is 6.23. The smallest absolute Gasteiger partial charge is 0.226 e. The highest BCUT2D eigenvalue weighted by atomic mass is 32.2. The normalized spacial score (nSPS) is 42.5. The Kier molecular flexibility index (Phi) is 3.90. The number of carbonyl (C=O) groups excluding carboxylic acids is 2. The molecule has 0 aromatic carbocycles. The lowest BCUT2D eigenvalue weighted by Gasteiger charge is -2.61. The zero-order valence-electron chi connectivity index (χ0n) is 14.0. The van der Waals surface area contributed by atoms with Crippen LogP contribution in [0.1, 0.15) is 58.3 Å². The van der Waals surface area contributed by atoms with Gasteiger partial charge in [-0.2, -0.15) is 11.8 Å². The molecule has 128 valence electrons. The van der Waals surface area contributed by atoms with Crippen molar-refractivity contribution >= 4 is 23.6 Å². The Labute approximate surface area is 142 Å². The van der Waals surface area contributed by atoms with Crippen molar-refractivity contribution in [1.29, 1.82) is 0 Å². The van der Waals surface area contributed by atoms with Crippen molar-refractivity contribution in [3.63, 3.8) is 0 Å². The molecule has 2 N–H and O–H groups in total. The Hall–Kier alpha value is -0.710. The molecule has 5 rings (SSSR count). The van der Waals surface area contributed by atoms with Crippen LogP contribution >= 0.6 is 11.8 Å². The highest BCUT2D eigenvalue weighted by Crippen LogP contribution is 2.61. The molecule has 4 nitrogen and oxygen atoms in total. The number of hydrogen-bond donors (Lipinski definition) is 2. The van der Waals surface area contributed by atoms with Gasteiger partial charge in [-0.3, -0.25) is 9.59 Å². The van der Waals surface area contributed by atoms with E-state index in [-0.39, 0.29) is 16.9 Å². The summed E-state index contributed by atoms with van der Waals surface area (Å²) in [5, 5.41) is 6.63. The number of rotatable bonds is 3. The van der Waals surface area contributed by atoms with E-state index in [4.69, 9.17) is 0 Å². The van der Waals surface area contributed by atoms with Crippen molar-refractivity contribution in [3.05, 3.63) is 0 Å². The van der Waals surface area contributed by atoms with Crippen molar-refractivity contribution in [3.8, 4) is 0 Å². The highest BCUT2D eigenvalue weighted by Gasteiger charge is 2.60. The summed E-state index contributed by atoms with van der Waals surface area (Å²) in [7, 11) is 0. The number of thioether (sulfide) groups is 1. The van der Waals surface area contributed by atoms with Crippen LogP contribution in [0.2, 0.25) is 0 Å². The summed E-state index contributed by atoms with van der Waals surface area (Å²) in [5.41, 5.74) is -0.313. The molecule has 1 heterocycles. The van der Waals surface area contributed by atoms with E-state index in [0.717, 1.165) is 44.9 Å². The second-order valence-corrected chi connectivity index (χ2v) is 9.79. The van der Waals surface area contributed by atoms with Gasteiger partial charge < -0.3 is 10.6 Å². The van der Waals surface area contributed by atoms with E-state index >= 15 is 0 Å². The standard InChI is InChI=1S/C18H28N2O2S/c1-12(21)20-18-9-13-6-14(10-18)8-17(7-13,11-18)16(22)19-15-2-4-23-5-3-15/h13-15H,2-11H2,1H3,(H,19,22)(H,20,21). The summed E-state index contributed by atoms with van der Waals surface area (Å²) in [6, 6.07) is 0.369. The first-order chi connectivity index (χ1) is 11.0. The van der Waals surface area contributed by atoms with Gasteiger partial charge in [0.1, 0.15) is 0 Å². The summed E-state index contributed by atoms with van der Waals surface area (Å²) in [6.45, 7) is 1.62. The molecule has 5 heteroatoms. The molecule has 0 radical (unpaired) electrons. The van der Waals surface area contributed by atoms with E-state index in [1.54, 1.807) is 6.92 Å². The van der Waals surface area contributed by atoms with Crippen molar-refractivity contribution in [2.24, 2.45) is 17.3 Å². The molecule has 2 atom stereocenters. The van der Waals surface area contributed by atoms with Crippen LogP contribution in [-0.2, 0) is 9.59 Å². The molecule has 0 spiro atoms. The van der Waals surface area contributed by atoms with Gasteiger partial charge in [0.15, 0.2) is 0 Å².